The molecule has 154 valence electrons. The van der Waals surface area contributed by atoms with E-state index in [9.17, 15) is 4.39 Å². The van der Waals surface area contributed by atoms with Crippen LogP contribution in [0.4, 0.5) is 4.39 Å². The average Bonchev–Trinajstić information content (AvgIpc) is 3.11. The van der Waals surface area contributed by atoms with Crippen molar-refractivity contribution in [3.63, 3.8) is 0 Å². The molecule has 30 heavy (non-hydrogen) atoms. The molecule has 3 aromatic heterocycles. The Kier molecular flexibility index (Phi) is 4.43. The summed E-state index contributed by atoms with van der Waals surface area (Å²) >= 11 is 0. The van der Waals surface area contributed by atoms with E-state index in [0.717, 1.165) is 46.4 Å². The van der Waals surface area contributed by atoms with Crippen molar-refractivity contribution in [2.45, 2.75) is 33.2 Å². The number of halogens is 1. The van der Waals surface area contributed by atoms with Crippen LogP contribution in [0, 0.1) is 18.2 Å². The van der Waals surface area contributed by atoms with E-state index in [0.29, 0.717) is 16.7 Å². The predicted octanol–water partition coefficient (Wildman–Crippen LogP) is 4.36. The number of aromatic nitrogens is 5. The van der Waals surface area contributed by atoms with Crippen LogP contribution in [0.15, 0.2) is 36.8 Å². The molecule has 0 bridgehead atoms. The minimum Gasteiger partial charge on any atom is -0.312 e. The van der Waals surface area contributed by atoms with Gasteiger partial charge in [-0.25, -0.2) is 4.39 Å². The highest BCUT2D eigenvalue weighted by Crippen LogP contribution is 2.44. The number of hydrogen-bond acceptors (Lipinski definition) is 4. The van der Waals surface area contributed by atoms with Gasteiger partial charge in [0.05, 0.1) is 23.6 Å². The molecule has 0 atom stereocenters. The van der Waals surface area contributed by atoms with Gasteiger partial charge in [-0.2, -0.15) is 10.2 Å². The SMILES string of the molecule is Cc1c(CNCC2(C)CC2)ccc(F)c1-c1cc2c(-c3cnn(C)c3)n[nH]c2cn1. The Morgan fingerprint density at radius 3 is 2.83 bits per heavy atom. The van der Waals surface area contributed by atoms with Gasteiger partial charge in [0, 0.05) is 42.8 Å². The van der Waals surface area contributed by atoms with E-state index in [1.54, 1.807) is 23.1 Å². The third-order valence-electron chi connectivity index (χ3n) is 6.18. The smallest absolute Gasteiger partial charge is 0.132 e. The lowest BCUT2D eigenvalue weighted by atomic mass is 9.97. The second-order valence-corrected chi connectivity index (χ2v) is 8.71. The first-order chi connectivity index (χ1) is 14.4. The van der Waals surface area contributed by atoms with Gasteiger partial charge in [-0.15, -0.1) is 0 Å². The van der Waals surface area contributed by atoms with Crippen LogP contribution < -0.4 is 5.32 Å². The molecule has 1 aliphatic carbocycles. The van der Waals surface area contributed by atoms with Crippen LogP contribution >= 0.6 is 0 Å². The fourth-order valence-corrected chi connectivity index (χ4v) is 3.93. The van der Waals surface area contributed by atoms with Gasteiger partial charge in [0.1, 0.15) is 11.5 Å². The molecule has 3 heterocycles. The van der Waals surface area contributed by atoms with Crippen LogP contribution in [0.1, 0.15) is 30.9 Å². The molecule has 2 N–H and O–H groups in total. The number of H-pyrrole nitrogens is 1. The molecule has 0 radical (unpaired) electrons. The molecule has 1 fully saturated rings. The lowest BCUT2D eigenvalue weighted by Crippen LogP contribution is -2.22. The first-order valence-electron chi connectivity index (χ1n) is 10.3. The maximum atomic E-state index is 14.9. The van der Waals surface area contributed by atoms with Gasteiger partial charge in [-0.3, -0.25) is 14.8 Å². The minimum absolute atomic E-state index is 0.260. The highest BCUT2D eigenvalue weighted by molar-refractivity contribution is 5.94. The molecule has 4 aromatic rings. The number of nitrogens with one attached hydrogen (secondary N) is 2. The number of aryl methyl sites for hydroxylation is 1. The molecule has 5 rings (SSSR count). The number of pyridine rings is 1. The number of hydrogen-bond donors (Lipinski definition) is 2. The molecule has 0 saturated heterocycles. The third kappa shape index (κ3) is 3.39. The zero-order valence-electron chi connectivity index (χ0n) is 17.5. The lowest BCUT2D eigenvalue weighted by Gasteiger charge is -2.15. The Morgan fingerprint density at radius 1 is 1.27 bits per heavy atom. The number of nitrogens with zero attached hydrogens (tertiary/aromatic N) is 4. The van der Waals surface area contributed by atoms with E-state index in [1.165, 1.54) is 12.8 Å². The monoisotopic (exact) mass is 404 g/mol. The summed E-state index contributed by atoms with van der Waals surface area (Å²) in [5.41, 5.74) is 6.12. The molecule has 1 saturated carbocycles. The van der Waals surface area contributed by atoms with Gasteiger partial charge < -0.3 is 5.32 Å². The Labute approximate surface area is 174 Å². The third-order valence-corrected chi connectivity index (χ3v) is 6.18. The van der Waals surface area contributed by atoms with Gasteiger partial charge in [0.15, 0.2) is 0 Å². The zero-order valence-corrected chi connectivity index (χ0v) is 17.5. The number of fused-ring (bicyclic) bond motifs is 1. The summed E-state index contributed by atoms with van der Waals surface area (Å²) in [5, 5.41) is 16.1. The summed E-state index contributed by atoms with van der Waals surface area (Å²) in [4.78, 5) is 4.53. The maximum Gasteiger partial charge on any atom is 0.132 e. The van der Waals surface area contributed by atoms with Crippen LogP contribution in [0.3, 0.4) is 0 Å². The van der Waals surface area contributed by atoms with E-state index in [-0.39, 0.29) is 5.82 Å². The van der Waals surface area contributed by atoms with Gasteiger partial charge in [0.25, 0.3) is 0 Å². The molecule has 6 nitrogen and oxygen atoms in total. The van der Waals surface area contributed by atoms with Crippen LogP contribution in [-0.4, -0.2) is 31.5 Å². The van der Waals surface area contributed by atoms with Crippen molar-refractivity contribution >= 4 is 10.9 Å². The van der Waals surface area contributed by atoms with E-state index in [2.05, 4.69) is 32.5 Å². The minimum atomic E-state index is -0.260. The molecule has 0 aliphatic heterocycles. The fraction of sp³-hybridized carbons (Fsp3) is 0.348. The fourth-order valence-electron chi connectivity index (χ4n) is 3.93. The van der Waals surface area contributed by atoms with Gasteiger partial charge in [0.2, 0.25) is 0 Å². The molecule has 0 amide bonds. The standard InChI is InChI=1S/C23H25FN6/c1-14-15(9-25-13-23(2)6-7-23)4-5-18(24)21(14)19-8-17-20(11-26-19)28-29-22(17)16-10-27-30(3)12-16/h4-5,8,10-12,25H,6-7,9,13H2,1-3H3,(H,28,29). The number of aromatic amines is 1. The van der Waals surface area contributed by atoms with E-state index in [1.807, 2.05) is 32.3 Å². The first kappa shape index (κ1) is 18.9. The molecule has 7 heteroatoms. The summed E-state index contributed by atoms with van der Waals surface area (Å²) in [5.74, 6) is -0.260. The van der Waals surface area contributed by atoms with Crippen LogP contribution in [0.25, 0.3) is 33.4 Å². The molecular weight excluding hydrogens is 379 g/mol. The normalized spacial score (nSPS) is 15.1. The average molecular weight is 404 g/mol. The quantitative estimate of drug-likeness (QED) is 0.501. The Morgan fingerprint density at radius 2 is 2.10 bits per heavy atom. The van der Waals surface area contributed by atoms with Crippen molar-refractivity contribution in [1.29, 1.82) is 0 Å². The molecule has 1 aromatic carbocycles. The molecule has 0 unspecified atom stereocenters. The predicted molar refractivity (Wildman–Crippen MR) is 115 cm³/mol. The van der Waals surface area contributed by atoms with E-state index in [4.69, 9.17) is 0 Å². The van der Waals surface area contributed by atoms with E-state index < -0.39 is 0 Å². The second-order valence-electron chi connectivity index (χ2n) is 8.71. The molecule has 1 aliphatic rings. The summed E-state index contributed by atoms with van der Waals surface area (Å²) in [6, 6.07) is 5.32. The van der Waals surface area contributed by atoms with Crippen molar-refractivity contribution in [2.75, 3.05) is 6.54 Å². The number of benzene rings is 1. The van der Waals surface area contributed by atoms with Crippen LogP contribution in [0.5, 0.6) is 0 Å². The highest BCUT2D eigenvalue weighted by atomic mass is 19.1. The van der Waals surface area contributed by atoms with Crippen molar-refractivity contribution in [3.05, 3.63) is 53.7 Å². The molecule has 0 spiro atoms. The summed E-state index contributed by atoms with van der Waals surface area (Å²) < 4.78 is 16.6. The second kappa shape index (κ2) is 7.02. The van der Waals surface area contributed by atoms with Crippen LogP contribution in [-0.2, 0) is 13.6 Å². The Hall–Kier alpha value is -3.06. The topological polar surface area (TPSA) is 71.4 Å². The number of rotatable bonds is 6. The summed E-state index contributed by atoms with van der Waals surface area (Å²) in [6.07, 6.45) is 7.96. The summed E-state index contributed by atoms with van der Waals surface area (Å²) in [7, 11) is 1.87. The van der Waals surface area contributed by atoms with Crippen molar-refractivity contribution in [1.82, 2.24) is 30.3 Å². The van der Waals surface area contributed by atoms with Crippen molar-refractivity contribution in [2.24, 2.45) is 12.5 Å². The summed E-state index contributed by atoms with van der Waals surface area (Å²) in [6.45, 7) is 5.99. The van der Waals surface area contributed by atoms with Crippen molar-refractivity contribution in [3.8, 4) is 22.5 Å². The van der Waals surface area contributed by atoms with Gasteiger partial charge >= 0.3 is 0 Å². The molecular formula is C23H25FN6. The first-order valence-corrected chi connectivity index (χ1v) is 10.3. The largest absolute Gasteiger partial charge is 0.312 e. The Balaban J connectivity index is 1.52. The van der Waals surface area contributed by atoms with E-state index >= 15 is 0 Å². The zero-order chi connectivity index (χ0) is 20.9. The van der Waals surface area contributed by atoms with Crippen molar-refractivity contribution < 1.29 is 4.39 Å². The van der Waals surface area contributed by atoms with Gasteiger partial charge in [-0.1, -0.05) is 13.0 Å². The highest BCUT2D eigenvalue weighted by Gasteiger charge is 2.36. The van der Waals surface area contributed by atoms with Gasteiger partial charge in [-0.05, 0) is 48.4 Å². The lowest BCUT2D eigenvalue weighted by molar-refractivity contribution is 0.498. The van der Waals surface area contributed by atoms with Crippen LogP contribution in [0.2, 0.25) is 0 Å². The maximum absolute atomic E-state index is 14.9. The Bertz CT molecular complexity index is 1230.